The van der Waals surface area contributed by atoms with E-state index in [1.165, 1.54) is 56.6 Å². The van der Waals surface area contributed by atoms with Crippen molar-refractivity contribution in [2.24, 2.45) is 0 Å². The number of hydrogen-bond acceptors (Lipinski definition) is 4. The second-order valence-electron chi connectivity index (χ2n) is 7.41. The van der Waals surface area contributed by atoms with Gasteiger partial charge in [-0.1, -0.05) is 12.1 Å². The molecule has 0 spiro atoms. The molecule has 12 heteroatoms. The third-order valence-corrected chi connectivity index (χ3v) is 6.57. The van der Waals surface area contributed by atoms with Gasteiger partial charge in [-0.25, -0.2) is 12.7 Å². The van der Waals surface area contributed by atoms with Crippen molar-refractivity contribution >= 4 is 33.2 Å². The quantitative estimate of drug-likeness (QED) is 0.498. The SMILES string of the molecule is CC[NH+](CC(=O)Nc1ccc(S(=O)(=O)N(C)C)cc1)CC(=O)Nc1ccccc1C(F)(F)F. The highest BCUT2D eigenvalue weighted by Gasteiger charge is 2.33. The molecule has 0 saturated carbocycles. The average Bonchev–Trinajstić information content (AvgIpc) is 2.73. The first-order chi connectivity index (χ1) is 15.3. The number of para-hydroxylation sites is 1. The first-order valence-corrected chi connectivity index (χ1v) is 11.4. The van der Waals surface area contributed by atoms with Gasteiger partial charge in [-0.05, 0) is 43.3 Å². The molecule has 0 bridgehead atoms. The van der Waals surface area contributed by atoms with Crippen LogP contribution in [0.1, 0.15) is 12.5 Å². The molecule has 2 rings (SSSR count). The minimum atomic E-state index is -4.61. The number of benzene rings is 2. The Morgan fingerprint density at radius 2 is 1.48 bits per heavy atom. The van der Waals surface area contributed by atoms with Crippen molar-refractivity contribution in [3.8, 4) is 0 Å². The molecule has 0 radical (unpaired) electrons. The summed E-state index contributed by atoms with van der Waals surface area (Å²) < 4.78 is 64.5. The Morgan fingerprint density at radius 1 is 0.939 bits per heavy atom. The van der Waals surface area contributed by atoms with E-state index in [1.54, 1.807) is 6.92 Å². The number of amides is 2. The Balaban J connectivity index is 1.97. The van der Waals surface area contributed by atoms with Crippen molar-refractivity contribution in [3.05, 3.63) is 54.1 Å². The fourth-order valence-corrected chi connectivity index (χ4v) is 3.83. The summed E-state index contributed by atoms with van der Waals surface area (Å²) >= 11 is 0. The van der Waals surface area contributed by atoms with Crippen molar-refractivity contribution in [1.82, 2.24) is 4.31 Å². The Hall–Kier alpha value is -2.96. The number of carbonyl (C=O) groups is 2. The zero-order valence-corrected chi connectivity index (χ0v) is 19.2. The van der Waals surface area contributed by atoms with Crippen molar-refractivity contribution in [1.29, 1.82) is 0 Å². The number of alkyl halides is 3. The van der Waals surface area contributed by atoms with E-state index in [0.29, 0.717) is 17.1 Å². The molecule has 2 amide bonds. The summed E-state index contributed by atoms with van der Waals surface area (Å²) in [6.45, 7) is 1.79. The Kier molecular flexibility index (Phi) is 8.58. The number of sulfonamides is 1. The van der Waals surface area contributed by atoms with Crippen LogP contribution in [-0.2, 0) is 25.8 Å². The van der Waals surface area contributed by atoms with Crippen molar-refractivity contribution in [2.75, 3.05) is 44.4 Å². The van der Waals surface area contributed by atoms with Gasteiger partial charge in [0.2, 0.25) is 10.0 Å². The van der Waals surface area contributed by atoms with Gasteiger partial charge in [-0.3, -0.25) is 9.59 Å². The summed E-state index contributed by atoms with van der Waals surface area (Å²) in [5.41, 5.74) is -0.923. The van der Waals surface area contributed by atoms with Gasteiger partial charge in [0.05, 0.1) is 22.7 Å². The van der Waals surface area contributed by atoms with E-state index in [2.05, 4.69) is 10.6 Å². The van der Waals surface area contributed by atoms with Crippen molar-refractivity contribution in [2.45, 2.75) is 18.0 Å². The Bertz CT molecular complexity index is 1090. The second-order valence-corrected chi connectivity index (χ2v) is 9.56. The highest BCUT2D eigenvalue weighted by molar-refractivity contribution is 7.89. The lowest BCUT2D eigenvalue weighted by Crippen LogP contribution is -3.13. The number of nitrogens with zero attached hydrogens (tertiary/aromatic N) is 1. The smallest absolute Gasteiger partial charge is 0.321 e. The normalized spacial score (nSPS) is 12.9. The molecule has 1 unspecified atom stereocenters. The highest BCUT2D eigenvalue weighted by Crippen LogP contribution is 2.34. The van der Waals surface area contributed by atoms with Crippen LogP contribution in [0.25, 0.3) is 0 Å². The average molecular weight is 488 g/mol. The van der Waals surface area contributed by atoms with Crippen LogP contribution >= 0.6 is 0 Å². The largest absolute Gasteiger partial charge is 0.418 e. The van der Waals surface area contributed by atoms with Crippen LogP contribution in [0.15, 0.2) is 53.4 Å². The molecule has 180 valence electrons. The van der Waals surface area contributed by atoms with Crippen LogP contribution in [-0.4, -0.2) is 58.3 Å². The summed E-state index contributed by atoms with van der Waals surface area (Å²) in [6.07, 6.45) is -4.61. The number of rotatable bonds is 9. The molecule has 2 aromatic rings. The monoisotopic (exact) mass is 487 g/mol. The van der Waals surface area contributed by atoms with Crippen LogP contribution in [0, 0.1) is 0 Å². The van der Waals surface area contributed by atoms with Crippen LogP contribution < -0.4 is 15.5 Å². The van der Waals surface area contributed by atoms with Gasteiger partial charge in [0.1, 0.15) is 0 Å². The predicted molar refractivity (Wildman–Crippen MR) is 117 cm³/mol. The maximum Gasteiger partial charge on any atom is 0.418 e. The van der Waals surface area contributed by atoms with Crippen LogP contribution in [0.2, 0.25) is 0 Å². The summed E-state index contributed by atoms with van der Waals surface area (Å²) in [6, 6.07) is 10.3. The van der Waals surface area contributed by atoms with E-state index in [0.717, 1.165) is 10.4 Å². The minimum absolute atomic E-state index is 0.0714. The second kappa shape index (κ2) is 10.8. The highest BCUT2D eigenvalue weighted by atomic mass is 32.2. The predicted octanol–water partition coefficient (Wildman–Crippen LogP) is 1.44. The van der Waals surface area contributed by atoms with Gasteiger partial charge >= 0.3 is 6.18 Å². The molecular formula is C21H26F3N4O4S+. The molecule has 0 aliphatic rings. The van der Waals surface area contributed by atoms with E-state index in [1.807, 2.05) is 0 Å². The number of likely N-dealkylation sites (N-methyl/N-ethyl adjacent to an activating group) is 1. The van der Waals surface area contributed by atoms with Crippen molar-refractivity contribution < 1.29 is 36.1 Å². The number of halogens is 3. The van der Waals surface area contributed by atoms with E-state index < -0.39 is 33.6 Å². The van der Waals surface area contributed by atoms with Crippen LogP contribution in [0.5, 0.6) is 0 Å². The third kappa shape index (κ3) is 7.27. The number of nitrogens with one attached hydrogen (secondary N) is 3. The van der Waals surface area contributed by atoms with Gasteiger partial charge in [0.25, 0.3) is 11.8 Å². The summed E-state index contributed by atoms with van der Waals surface area (Å²) in [5.74, 6) is -1.09. The van der Waals surface area contributed by atoms with E-state index in [4.69, 9.17) is 0 Å². The minimum Gasteiger partial charge on any atom is -0.321 e. The van der Waals surface area contributed by atoms with Gasteiger partial charge in [0, 0.05) is 19.8 Å². The fraction of sp³-hybridized carbons (Fsp3) is 0.333. The molecule has 0 fully saturated rings. The number of hydrogen-bond donors (Lipinski definition) is 3. The first kappa shape index (κ1) is 26.3. The Labute approximate surface area is 190 Å². The zero-order chi connectivity index (χ0) is 24.8. The van der Waals surface area contributed by atoms with Gasteiger partial charge in [0.15, 0.2) is 13.1 Å². The lowest BCUT2D eigenvalue weighted by Gasteiger charge is -2.18. The molecule has 0 aromatic heterocycles. The number of anilines is 2. The zero-order valence-electron chi connectivity index (χ0n) is 18.4. The fourth-order valence-electron chi connectivity index (χ4n) is 2.93. The molecule has 8 nitrogen and oxygen atoms in total. The molecule has 0 aliphatic carbocycles. The molecule has 2 aromatic carbocycles. The molecule has 1 atom stereocenters. The number of carbonyl (C=O) groups excluding carboxylic acids is 2. The van der Waals surface area contributed by atoms with E-state index >= 15 is 0 Å². The molecule has 0 aliphatic heterocycles. The molecule has 33 heavy (non-hydrogen) atoms. The molecule has 0 saturated heterocycles. The van der Waals surface area contributed by atoms with Gasteiger partial charge < -0.3 is 15.5 Å². The van der Waals surface area contributed by atoms with E-state index in [-0.39, 0.29) is 23.7 Å². The lowest BCUT2D eigenvalue weighted by molar-refractivity contribution is -0.881. The molecule has 3 N–H and O–H groups in total. The van der Waals surface area contributed by atoms with E-state index in [9.17, 15) is 31.2 Å². The standard InChI is InChI=1S/C21H25F3N4O4S/c1-4-28(14-20(30)26-18-8-6-5-7-17(18)21(22,23)24)13-19(29)25-15-9-11-16(12-10-15)33(31,32)27(2)3/h5-12H,4,13-14H2,1-3H3,(H,25,29)(H,26,30)/p+1. The maximum atomic E-state index is 13.1. The summed E-state index contributed by atoms with van der Waals surface area (Å²) in [4.78, 5) is 25.3. The topological polar surface area (TPSA) is 100 Å². The molecule has 0 heterocycles. The Morgan fingerprint density at radius 3 is 2.00 bits per heavy atom. The first-order valence-electron chi connectivity index (χ1n) is 9.96. The molecular weight excluding hydrogens is 461 g/mol. The summed E-state index contributed by atoms with van der Waals surface area (Å²) in [7, 11) is -0.780. The third-order valence-electron chi connectivity index (χ3n) is 4.74. The van der Waals surface area contributed by atoms with Crippen molar-refractivity contribution in [3.63, 3.8) is 0 Å². The lowest BCUT2D eigenvalue weighted by atomic mass is 10.1. The summed E-state index contributed by atoms with van der Waals surface area (Å²) in [5, 5.41) is 4.88. The maximum absolute atomic E-state index is 13.1. The van der Waals surface area contributed by atoms with Gasteiger partial charge in [-0.15, -0.1) is 0 Å². The van der Waals surface area contributed by atoms with Crippen LogP contribution in [0.4, 0.5) is 24.5 Å². The van der Waals surface area contributed by atoms with Gasteiger partial charge in [-0.2, -0.15) is 13.2 Å². The van der Waals surface area contributed by atoms with Crippen LogP contribution in [0.3, 0.4) is 0 Å². The number of quaternary nitrogens is 1.